The number of H-pyrrole nitrogens is 1. The first-order valence-corrected chi connectivity index (χ1v) is 13.0. The number of aromatic amines is 1. The molecule has 11 nitrogen and oxygen atoms in total. The third kappa shape index (κ3) is 6.41. The molecule has 1 fully saturated rings. The zero-order chi connectivity index (χ0) is 30.9. The van der Waals surface area contributed by atoms with Gasteiger partial charge in [0.2, 0.25) is 5.95 Å². The number of aliphatic hydroxyl groups excluding tert-OH is 1. The van der Waals surface area contributed by atoms with Crippen LogP contribution in [0.2, 0.25) is 0 Å². The number of rotatable bonds is 7. The minimum Gasteiger partial charge on any atom is -0.381 e. The topological polar surface area (TPSA) is 128 Å². The molecule has 2 aromatic heterocycles. The quantitative estimate of drug-likeness (QED) is 0.386. The zero-order valence-electron chi connectivity index (χ0n) is 22.3. The summed E-state index contributed by atoms with van der Waals surface area (Å²) in [6.45, 7) is 0.0961. The molecule has 17 heteroatoms. The first kappa shape index (κ1) is 30.2. The Hall–Kier alpha value is -4.25. The molecule has 0 unspecified atom stereocenters. The van der Waals surface area contributed by atoms with E-state index < -0.39 is 59.4 Å². The molecule has 2 N–H and O–H groups in total. The van der Waals surface area contributed by atoms with Crippen molar-refractivity contribution in [3.8, 4) is 0 Å². The monoisotopic (exact) mass is 613 g/mol. The lowest BCUT2D eigenvalue weighted by molar-refractivity contribution is -0.144. The average Bonchev–Trinajstić information content (AvgIpc) is 3.34. The Labute approximate surface area is 239 Å². The van der Waals surface area contributed by atoms with Gasteiger partial charge in [-0.05, 0) is 11.1 Å². The number of halogens is 6. The molecule has 4 heterocycles. The lowest BCUT2D eigenvalue weighted by Crippen LogP contribution is -2.52. The van der Waals surface area contributed by atoms with Crippen molar-refractivity contribution in [1.82, 2.24) is 25.1 Å². The molecule has 0 radical (unpaired) electrons. The van der Waals surface area contributed by atoms with Gasteiger partial charge < -0.3 is 24.5 Å². The van der Waals surface area contributed by atoms with Gasteiger partial charge in [0.15, 0.2) is 6.10 Å². The van der Waals surface area contributed by atoms with E-state index in [4.69, 9.17) is 4.74 Å². The minimum absolute atomic E-state index is 0.0484. The van der Waals surface area contributed by atoms with Crippen molar-refractivity contribution >= 4 is 17.5 Å². The molecule has 0 aliphatic carbocycles. The highest BCUT2D eigenvalue weighted by Gasteiger charge is 2.42. The third-order valence-corrected chi connectivity index (χ3v) is 7.24. The van der Waals surface area contributed by atoms with Gasteiger partial charge in [-0.3, -0.25) is 9.59 Å². The second-order valence-corrected chi connectivity index (χ2v) is 9.93. The number of carbonyl (C=O) groups is 1. The molecule has 2 atom stereocenters. The molecule has 3 aromatic rings. The summed E-state index contributed by atoms with van der Waals surface area (Å²) in [6, 6.07) is 6.13. The van der Waals surface area contributed by atoms with E-state index in [0.717, 1.165) is 11.8 Å². The fourth-order valence-electron chi connectivity index (χ4n) is 5.11. The maximum absolute atomic E-state index is 13.8. The summed E-state index contributed by atoms with van der Waals surface area (Å²) in [6.07, 6.45) is -8.80. The number of aliphatic hydroxyl groups is 1. The van der Waals surface area contributed by atoms with E-state index in [1.807, 2.05) is 5.10 Å². The van der Waals surface area contributed by atoms with Crippen LogP contribution in [0.4, 0.5) is 38.0 Å². The Kier molecular flexibility index (Phi) is 8.29. The normalized spacial score (nSPS) is 18.1. The minimum atomic E-state index is -4.95. The summed E-state index contributed by atoms with van der Waals surface area (Å²) < 4.78 is 85.3. The first-order valence-electron chi connectivity index (χ1n) is 13.0. The van der Waals surface area contributed by atoms with Crippen LogP contribution in [0.3, 0.4) is 0 Å². The number of carbonyl (C=O) groups excluding carboxylic acids is 1. The Morgan fingerprint density at radius 3 is 2.35 bits per heavy atom. The van der Waals surface area contributed by atoms with Crippen LogP contribution in [0.25, 0.3) is 0 Å². The number of anilines is 2. The molecule has 0 bridgehead atoms. The van der Waals surface area contributed by atoms with E-state index in [0.29, 0.717) is 18.0 Å². The van der Waals surface area contributed by atoms with Crippen molar-refractivity contribution in [3.63, 3.8) is 0 Å². The number of hydrogen-bond donors (Lipinski definition) is 2. The van der Waals surface area contributed by atoms with Gasteiger partial charge in [0.25, 0.3) is 11.5 Å². The van der Waals surface area contributed by atoms with E-state index in [-0.39, 0.29) is 45.3 Å². The first-order chi connectivity index (χ1) is 20.3. The number of aromatic nitrogens is 4. The van der Waals surface area contributed by atoms with Crippen molar-refractivity contribution in [2.75, 3.05) is 49.2 Å². The van der Waals surface area contributed by atoms with Crippen LogP contribution in [0, 0.1) is 0 Å². The molecule has 1 saturated heterocycles. The lowest BCUT2D eigenvalue weighted by atomic mass is 10.1. The van der Waals surface area contributed by atoms with E-state index in [9.17, 15) is 41.0 Å². The van der Waals surface area contributed by atoms with Gasteiger partial charge in [0, 0.05) is 45.1 Å². The van der Waals surface area contributed by atoms with Crippen LogP contribution >= 0.6 is 0 Å². The standard InChI is InChI=1S/C26H25F6N7O4/c27-25(28,29)16-9-33-24(34-10-16)38-7-5-37(6-8-38)23(42)20(40)14-43-13-19-17-4-2-1-3-15(17)12-39(19)18-11-35-36-22(41)21(18)26(30,31)32/h1-4,9-11,19-20,40H,5-8,12-14H2,(H,36,41)/t19-,20+/m0/s1. The molecule has 230 valence electrons. The smallest absolute Gasteiger partial charge is 0.381 e. The number of nitrogens with one attached hydrogen (secondary N) is 1. The molecule has 43 heavy (non-hydrogen) atoms. The maximum atomic E-state index is 13.8. The average molecular weight is 614 g/mol. The number of benzene rings is 1. The SMILES string of the molecule is O=C([C@H](O)COC[C@H]1c2ccccc2CN1c1cn[nH]c(=O)c1C(F)(F)F)N1CCN(c2ncc(C(F)(F)F)cn2)CC1. The summed E-state index contributed by atoms with van der Waals surface area (Å²) in [4.78, 5) is 36.8. The second kappa shape index (κ2) is 11.8. The van der Waals surface area contributed by atoms with E-state index in [2.05, 4.69) is 15.1 Å². The highest BCUT2D eigenvalue weighted by molar-refractivity contribution is 5.81. The molecule has 0 spiro atoms. The molecular formula is C26H25F6N7O4. The van der Waals surface area contributed by atoms with Crippen LogP contribution in [0.1, 0.15) is 28.3 Å². The summed E-state index contributed by atoms with van der Waals surface area (Å²) in [5.41, 5.74) is -2.79. The van der Waals surface area contributed by atoms with Gasteiger partial charge >= 0.3 is 12.4 Å². The largest absolute Gasteiger partial charge is 0.423 e. The van der Waals surface area contributed by atoms with Crippen LogP contribution in [0.15, 0.2) is 47.7 Å². The van der Waals surface area contributed by atoms with Crippen molar-refractivity contribution < 1.29 is 41.0 Å². The van der Waals surface area contributed by atoms with Crippen LogP contribution in [-0.4, -0.2) is 81.6 Å². The summed E-state index contributed by atoms with van der Waals surface area (Å²) in [7, 11) is 0. The number of hydrogen-bond acceptors (Lipinski definition) is 9. The van der Waals surface area contributed by atoms with Crippen LogP contribution in [0.5, 0.6) is 0 Å². The van der Waals surface area contributed by atoms with Gasteiger partial charge in [0.1, 0.15) is 5.56 Å². The fraction of sp³-hybridized carbons (Fsp3) is 0.423. The summed E-state index contributed by atoms with van der Waals surface area (Å²) in [5.74, 6) is -0.565. The van der Waals surface area contributed by atoms with E-state index in [1.165, 1.54) is 9.80 Å². The highest BCUT2D eigenvalue weighted by atomic mass is 19.4. The van der Waals surface area contributed by atoms with E-state index >= 15 is 0 Å². The predicted octanol–water partition coefficient (Wildman–Crippen LogP) is 2.39. The van der Waals surface area contributed by atoms with Crippen molar-refractivity contribution in [2.24, 2.45) is 0 Å². The molecule has 0 saturated carbocycles. The molecule has 1 amide bonds. The fourth-order valence-corrected chi connectivity index (χ4v) is 5.11. The van der Waals surface area contributed by atoms with Crippen molar-refractivity contribution in [3.05, 3.63) is 75.5 Å². The lowest BCUT2D eigenvalue weighted by Gasteiger charge is -2.35. The highest BCUT2D eigenvalue weighted by Crippen LogP contribution is 2.42. The van der Waals surface area contributed by atoms with Crippen LogP contribution in [-0.2, 0) is 28.4 Å². The number of ether oxygens (including phenoxy) is 1. The van der Waals surface area contributed by atoms with Crippen molar-refractivity contribution in [2.45, 2.75) is 31.0 Å². The number of fused-ring (bicyclic) bond motifs is 1. The predicted molar refractivity (Wildman–Crippen MR) is 138 cm³/mol. The number of amides is 1. The third-order valence-electron chi connectivity index (χ3n) is 7.24. The Morgan fingerprint density at radius 1 is 1.02 bits per heavy atom. The summed E-state index contributed by atoms with van der Waals surface area (Å²) >= 11 is 0. The van der Waals surface area contributed by atoms with Crippen molar-refractivity contribution in [1.29, 1.82) is 0 Å². The number of alkyl halides is 6. The molecule has 2 aliphatic rings. The van der Waals surface area contributed by atoms with Gasteiger partial charge in [0.05, 0.1) is 36.7 Å². The molecule has 2 aliphatic heterocycles. The molecular weight excluding hydrogens is 588 g/mol. The zero-order valence-corrected chi connectivity index (χ0v) is 22.3. The summed E-state index contributed by atoms with van der Waals surface area (Å²) in [5, 5.41) is 15.9. The van der Waals surface area contributed by atoms with Gasteiger partial charge in [-0.2, -0.15) is 31.4 Å². The van der Waals surface area contributed by atoms with Gasteiger partial charge in [-0.1, -0.05) is 24.3 Å². The molecule has 1 aromatic carbocycles. The molecule has 5 rings (SSSR count). The second-order valence-electron chi connectivity index (χ2n) is 9.93. The van der Waals surface area contributed by atoms with Crippen LogP contribution < -0.4 is 15.4 Å². The van der Waals surface area contributed by atoms with Gasteiger partial charge in [-0.15, -0.1) is 0 Å². The Balaban J connectivity index is 1.20. The maximum Gasteiger partial charge on any atom is 0.423 e. The number of piperazine rings is 1. The number of nitrogens with zero attached hydrogens (tertiary/aromatic N) is 6. The van der Waals surface area contributed by atoms with Gasteiger partial charge in [-0.25, -0.2) is 15.1 Å². The van der Waals surface area contributed by atoms with E-state index in [1.54, 1.807) is 29.2 Å². The Morgan fingerprint density at radius 2 is 1.70 bits per heavy atom. The Bertz CT molecular complexity index is 1510.